The van der Waals surface area contributed by atoms with Gasteiger partial charge >= 0.3 is 0 Å². The van der Waals surface area contributed by atoms with E-state index in [1.54, 1.807) is 12.3 Å². The molecule has 0 saturated carbocycles. The smallest absolute Gasteiger partial charge is 0.270 e. The summed E-state index contributed by atoms with van der Waals surface area (Å²) in [6.45, 7) is 7.06. The van der Waals surface area contributed by atoms with Crippen LogP contribution in [-0.2, 0) is 6.54 Å². The summed E-state index contributed by atoms with van der Waals surface area (Å²) in [5, 5.41) is 6.49. The molecule has 37 heavy (non-hydrogen) atoms. The molecule has 186 valence electrons. The molecule has 0 bridgehead atoms. The zero-order valence-corrected chi connectivity index (χ0v) is 20.9. The summed E-state index contributed by atoms with van der Waals surface area (Å²) in [4.78, 5) is 19.6. The van der Waals surface area contributed by atoms with E-state index in [0.29, 0.717) is 5.69 Å². The Bertz CT molecular complexity index is 1310. The van der Waals surface area contributed by atoms with Crippen molar-refractivity contribution in [2.45, 2.75) is 25.4 Å². The van der Waals surface area contributed by atoms with Crippen LogP contribution >= 0.6 is 0 Å². The standard InChI is InChI=1S/C32H32N4O/c1-24(34-29-15-12-27(13-16-29)26-10-6-3-7-11-26)28-14-17-31(33-22-28)32(37)35-30-18-20-36(21-19-30)23-25-8-4-2-5-9-25/h2-17,22,30,34H,1,18-21,23H2,(H,35,37). The van der Waals surface area contributed by atoms with Gasteiger partial charge in [0.2, 0.25) is 0 Å². The van der Waals surface area contributed by atoms with Gasteiger partial charge in [-0.15, -0.1) is 0 Å². The van der Waals surface area contributed by atoms with Gasteiger partial charge in [0, 0.05) is 48.8 Å². The third kappa shape index (κ3) is 6.51. The van der Waals surface area contributed by atoms with Crippen molar-refractivity contribution in [3.8, 4) is 11.1 Å². The quantitative estimate of drug-likeness (QED) is 0.309. The molecule has 1 saturated heterocycles. The van der Waals surface area contributed by atoms with Crippen LogP contribution in [0.15, 0.2) is 110 Å². The van der Waals surface area contributed by atoms with E-state index in [1.165, 1.54) is 11.1 Å². The highest BCUT2D eigenvalue weighted by Gasteiger charge is 2.21. The van der Waals surface area contributed by atoms with E-state index in [0.717, 1.165) is 55.0 Å². The van der Waals surface area contributed by atoms with Crippen LogP contribution in [0.4, 0.5) is 5.69 Å². The minimum absolute atomic E-state index is 0.122. The largest absolute Gasteiger partial charge is 0.355 e. The lowest BCUT2D eigenvalue weighted by Crippen LogP contribution is -2.44. The van der Waals surface area contributed by atoms with Gasteiger partial charge < -0.3 is 10.6 Å². The van der Waals surface area contributed by atoms with Gasteiger partial charge in [-0.1, -0.05) is 79.4 Å². The first-order valence-electron chi connectivity index (χ1n) is 12.8. The lowest BCUT2D eigenvalue weighted by molar-refractivity contribution is 0.0904. The molecular formula is C32H32N4O. The number of rotatable bonds is 8. The van der Waals surface area contributed by atoms with E-state index in [2.05, 4.69) is 75.6 Å². The summed E-state index contributed by atoms with van der Waals surface area (Å²) in [5.41, 5.74) is 6.63. The topological polar surface area (TPSA) is 57.3 Å². The number of likely N-dealkylation sites (tertiary alicyclic amines) is 1. The minimum atomic E-state index is -0.122. The average molecular weight is 489 g/mol. The first kappa shape index (κ1) is 24.5. The summed E-state index contributed by atoms with van der Waals surface area (Å²) >= 11 is 0. The molecule has 1 fully saturated rings. The highest BCUT2D eigenvalue weighted by molar-refractivity contribution is 5.92. The fraction of sp³-hybridized carbons (Fsp3) is 0.188. The summed E-state index contributed by atoms with van der Waals surface area (Å²) in [6, 6.07) is 32.9. The highest BCUT2D eigenvalue weighted by atomic mass is 16.1. The van der Waals surface area contributed by atoms with Gasteiger partial charge in [0.15, 0.2) is 0 Å². The lowest BCUT2D eigenvalue weighted by atomic mass is 10.0. The van der Waals surface area contributed by atoms with Crippen LogP contribution in [0, 0.1) is 0 Å². The maximum atomic E-state index is 12.8. The summed E-state index contributed by atoms with van der Waals surface area (Å²) in [5.74, 6) is -0.122. The van der Waals surface area contributed by atoms with Crippen LogP contribution in [0.25, 0.3) is 16.8 Å². The van der Waals surface area contributed by atoms with E-state index in [4.69, 9.17) is 0 Å². The van der Waals surface area contributed by atoms with Crippen molar-refractivity contribution in [2.24, 2.45) is 0 Å². The number of pyridine rings is 1. The number of benzene rings is 3. The Hall–Kier alpha value is -4.22. The number of carbonyl (C=O) groups excluding carboxylic acids is 1. The SMILES string of the molecule is C=C(Nc1ccc(-c2ccccc2)cc1)c1ccc(C(=O)NC2CCN(Cc3ccccc3)CC2)nc1. The van der Waals surface area contributed by atoms with E-state index in [-0.39, 0.29) is 11.9 Å². The molecule has 1 aliphatic heterocycles. The third-order valence-electron chi connectivity index (χ3n) is 6.80. The summed E-state index contributed by atoms with van der Waals surface area (Å²) < 4.78 is 0. The number of nitrogens with one attached hydrogen (secondary N) is 2. The predicted octanol–water partition coefficient (Wildman–Crippen LogP) is 6.23. The van der Waals surface area contributed by atoms with E-state index >= 15 is 0 Å². The molecule has 0 spiro atoms. The van der Waals surface area contributed by atoms with Crippen molar-refractivity contribution < 1.29 is 4.79 Å². The van der Waals surface area contributed by atoms with E-state index < -0.39 is 0 Å². The number of nitrogens with zero attached hydrogens (tertiary/aromatic N) is 2. The molecule has 5 nitrogen and oxygen atoms in total. The van der Waals surface area contributed by atoms with Gasteiger partial charge in [0.1, 0.15) is 5.69 Å². The Balaban J connectivity index is 1.10. The Morgan fingerprint density at radius 3 is 2.14 bits per heavy atom. The van der Waals surface area contributed by atoms with Crippen LogP contribution in [0.5, 0.6) is 0 Å². The van der Waals surface area contributed by atoms with E-state index in [9.17, 15) is 4.79 Å². The molecule has 1 aliphatic rings. The number of aromatic nitrogens is 1. The second kappa shape index (κ2) is 11.7. The molecule has 5 heteroatoms. The number of piperidine rings is 1. The van der Waals surface area contributed by atoms with Crippen molar-refractivity contribution in [1.82, 2.24) is 15.2 Å². The average Bonchev–Trinajstić information content (AvgIpc) is 2.95. The zero-order chi connectivity index (χ0) is 25.5. The summed E-state index contributed by atoms with van der Waals surface area (Å²) in [7, 11) is 0. The van der Waals surface area contributed by atoms with Crippen LogP contribution in [0.1, 0.15) is 34.5 Å². The molecular weight excluding hydrogens is 456 g/mol. The highest BCUT2D eigenvalue weighted by Crippen LogP contribution is 2.23. The Morgan fingerprint density at radius 2 is 1.49 bits per heavy atom. The first-order valence-corrected chi connectivity index (χ1v) is 12.8. The van der Waals surface area contributed by atoms with Crippen molar-refractivity contribution in [3.63, 3.8) is 0 Å². The maximum Gasteiger partial charge on any atom is 0.270 e. The van der Waals surface area contributed by atoms with Gasteiger partial charge in [0.05, 0.1) is 0 Å². The molecule has 3 aromatic carbocycles. The van der Waals surface area contributed by atoms with Crippen LogP contribution in [-0.4, -0.2) is 34.9 Å². The molecule has 4 aromatic rings. The fourth-order valence-electron chi connectivity index (χ4n) is 4.67. The molecule has 0 atom stereocenters. The molecule has 1 amide bonds. The Morgan fingerprint density at radius 1 is 0.838 bits per heavy atom. The number of hydrogen-bond donors (Lipinski definition) is 2. The van der Waals surface area contributed by atoms with Crippen molar-refractivity contribution >= 4 is 17.3 Å². The van der Waals surface area contributed by atoms with Crippen molar-refractivity contribution in [1.29, 1.82) is 0 Å². The monoisotopic (exact) mass is 488 g/mol. The fourth-order valence-corrected chi connectivity index (χ4v) is 4.67. The molecule has 2 N–H and O–H groups in total. The van der Waals surface area contributed by atoms with Crippen LogP contribution < -0.4 is 10.6 Å². The van der Waals surface area contributed by atoms with Gasteiger partial charge in [-0.05, 0) is 53.8 Å². The molecule has 0 unspecified atom stereocenters. The Kier molecular flexibility index (Phi) is 7.72. The number of hydrogen-bond acceptors (Lipinski definition) is 4. The number of carbonyl (C=O) groups is 1. The van der Waals surface area contributed by atoms with Gasteiger partial charge in [-0.3, -0.25) is 14.7 Å². The molecule has 0 aliphatic carbocycles. The molecule has 1 aromatic heterocycles. The predicted molar refractivity (Wildman–Crippen MR) is 151 cm³/mol. The molecule has 2 heterocycles. The summed E-state index contributed by atoms with van der Waals surface area (Å²) in [6.07, 6.45) is 3.59. The normalized spacial score (nSPS) is 14.2. The third-order valence-corrected chi connectivity index (χ3v) is 6.80. The van der Waals surface area contributed by atoms with E-state index in [1.807, 2.05) is 42.5 Å². The van der Waals surface area contributed by atoms with Crippen LogP contribution in [0.3, 0.4) is 0 Å². The molecule has 5 rings (SSSR count). The van der Waals surface area contributed by atoms with Crippen molar-refractivity contribution in [2.75, 3.05) is 18.4 Å². The van der Waals surface area contributed by atoms with Gasteiger partial charge in [-0.25, -0.2) is 0 Å². The number of amides is 1. The zero-order valence-electron chi connectivity index (χ0n) is 20.9. The minimum Gasteiger partial charge on any atom is -0.355 e. The molecule has 0 radical (unpaired) electrons. The second-order valence-electron chi connectivity index (χ2n) is 9.49. The first-order chi connectivity index (χ1) is 18.1. The maximum absolute atomic E-state index is 12.8. The lowest BCUT2D eigenvalue weighted by Gasteiger charge is -2.32. The Labute approximate surface area is 218 Å². The van der Waals surface area contributed by atoms with Gasteiger partial charge in [0.25, 0.3) is 5.91 Å². The van der Waals surface area contributed by atoms with Gasteiger partial charge in [-0.2, -0.15) is 0 Å². The second-order valence-corrected chi connectivity index (χ2v) is 9.49. The van der Waals surface area contributed by atoms with Crippen molar-refractivity contribution in [3.05, 3.63) is 127 Å². The number of anilines is 1. The van der Waals surface area contributed by atoms with Crippen LogP contribution in [0.2, 0.25) is 0 Å².